The van der Waals surface area contributed by atoms with Gasteiger partial charge in [-0.25, -0.2) is 0 Å². The first-order valence-electron chi connectivity index (χ1n) is 10.8. The Hall–Kier alpha value is -3.02. The Morgan fingerprint density at radius 3 is 2.18 bits per heavy atom. The first-order valence-corrected chi connectivity index (χ1v) is 11.6. The van der Waals surface area contributed by atoms with Crippen molar-refractivity contribution in [3.63, 3.8) is 0 Å². The Labute approximate surface area is 203 Å². The van der Waals surface area contributed by atoms with Crippen LogP contribution in [0.15, 0.2) is 60.7 Å². The highest BCUT2D eigenvalue weighted by molar-refractivity contribution is 6.33. The normalized spacial score (nSPS) is 13.7. The van der Waals surface area contributed by atoms with Crippen molar-refractivity contribution in [2.45, 2.75) is 13.8 Å². The molecule has 1 aliphatic rings. The van der Waals surface area contributed by atoms with Gasteiger partial charge in [-0.15, -0.1) is 0 Å². The lowest BCUT2D eigenvalue weighted by molar-refractivity contribution is 0.0746. The molecule has 0 saturated carbocycles. The zero-order valence-corrected chi connectivity index (χ0v) is 20.1. The van der Waals surface area contributed by atoms with E-state index < -0.39 is 0 Å². The van der Waals surface area contributed by atoms with Crippen LogP contribution in [-0.4, -0.2) is 42.9 Å². The van der Waals surface area contributed by atoms with E-state index in [1.807, 2.05) is 49.1 Å². The van der Waals surface area contributed by atoms with Crippen molar-refractivity contribution >= 4 is 46.4 Å². The summed E-state index contributed by atoms with van der Waals surface area (Å²) in [6.45, 7) is 6.47. The van der Waals surface area contributed by atoms with Crippen LogP contribution in [0.3, 0.4) is 0 Å². The van der Waals surface area contributed by atoms with Crippen molar-refractivity contribution in [2.75, 3.05) is 36.4 Å². The van der Waals surface area contributed by atoms with Crippen molar-refractivity contribution in [2.24, 2.45) is 0 Å². The lowest BCUT2D eigenvalue weighted by atomic mass is 10.1. The third-order valence-corrected chi connectivity index (χ3v) is 6.39. The minimum absolute atomic E-state index is 0.00173. The fourth-order valence-corrected chi connectivity index (χ4v) is 4.46. The zero-order chi connectivity index (χ0) is 23.5. The fourth-order valence-electron chi connectivity index (χ4n) is 4.03. The van der Waals surface area contributed by atoms with Gasteiger partial charge >= 0.3 is 0 Å². The molecule has 0 aromatic heterocycles. The molecular formula is C26H25Cl2N3O2. The molecule has 0 bridgehead atoms. The molecule has 1 aliphatic heterocycles. The van der Waals surface area contributed by atoms with Crippen LogP contribution in [0.2, 0.25) is 10.0 Å². The predicted molar refractivity (Wildman–Crippen MR) is 135 cm³/mol. The summed E-state index contributed by atoms with van der Waals surface area (Å²) in [5, 5.41) is 4.10. The number of anilines is 2. The molecular weight excluding hydrogens is 457 g/mol. The van der Waals surface area contributed by atoms with E-state index in [2.05, 4.69) is 10.2 Å². The number of nitrogens with zero attached hydrogens (tertiary/aromatic N) is 2. The highest BCUT2D eigenvalue weighted by Crippen LogP contribution is 2.30. The fraction of sp³-hybridized carbons (Fsp3) is 0.231. The van der Waals surface area contributed by atoms with Crippen LogP contribution in [0.5, 0.6) is 0 Å². The molecule has 0 radical (unpaired) electrons. The van der Waals surface area contributed by atoms with Crippen molar-refractivity contribution in [1.82, 2.24) is 4.90 Å². The van der Waals surface area contributed by atoms with E-state index in [0.29, 0.717) is 53.0 Å². The first-order chi connectivity index (χ1) is 15.8. The number of hydrogen-bond donors (Lipinski definition) is 1. The molecule has 1 fully saturated rings. The summed E-state index contributed by atoms with van der Waals surface area (Å²) in [7, 11) is 0. The largest absolute Gasteiger partial charge is 0.367 e. The van der Waals surface area contributed by atoms with Crippen molar-refractivity contribution < 1.29 is 9.59 Å². The second kappa shape index (κ2) is 9.86. The highest BCUT2D eigenvalue weighted by Gasteiger charge is 2.23. The number of amides is 2. The van der Waals surface area contributed by atoms with Crippen LogP contribution in [0.25, 0.3) is 0 Å². The van der Waals surface area contributed by atoms with E-state index in [9.17, 15) is 9.59 Å². The molecule has 1 N–H and O–H groups in total. The van der Waals surface area contributed by atoms with Crippen LogP contribution >= 0.6 is 23.2 Å². The van der Waals surface area contributed by atoms with E-state index in [1.54, 1.807) is 30.3 Å². The topological polar surface area (TPSA) is 52.7 Å². The Morgan fingerprint density at radius 2 is 1.55 bits per heavy atom. The molecule has 3 aromatic carbocycles. The number of carbonyl (C=O) groups is 2. The Bertz CT molecular complexity index is 1190. The number of nitrogens with one attached hydrogen (secondary N) is 1. The van der Waals surface area contributed by atoms with Crippen LogP contribution in [-0.2, 0) is 0 Å². The number of benzene rings is 3. The van der Waals surface area contributed by atoms with Crippen LogP contribution in [0, 0.1) is 13.8 Å². The van der Waals surface area contributed by atoms with Gasteiger partial charge < -0.3 is 15.1 Å². The summed E-state index contributed by atoms with van der Waals surface area (Å²) < 4.78 is 0. The van der Waals surface area contributed by atoms with Gasteiger partial charge in [-0.1, -0.05) is 40.9 Å². The molecule has 1 saturated heterocycles. The molecule has 2 amide bonds. The Morgan fingerprint density at radius 1 is 0.848 bits per heavy atom. The minimum Gasteiger partial charge on any atom is -0.367 e. The van der Waals surface area contributed by atoms with Gasteiger partial charge in [0.05, 0.1) is 10.7 Å². The maximum atomic E-state index is 12.7. The third kappa shape index (κ3) is 5.32. The molecule has 1 heterocycles. The van der Waals surface area contributed by atoms with E-state index in [0.717, 1.165) is 16.8 Å². The number of halogens is 2. The molecule has 5 nitrogen and oxygen atoms in total. The zero-order valence-electron chi connectivity index (χ0n) is 18.6. The van der Waals surface area contributed by atoms with Crippen molar-refractivity contribution in [1.29, 1.82) is 0 Å². The summed E-state index contributed by atoms with van der Waals surface area (Å²) in [6.07, 6.45) is 0. The summed E-state index contributed by atoms with van der Waals surface area (Å²) >= 11 is 12.5. The maximum Gasteiger partial charge on any atom is 0.255 e. The summed E-state index contributed by atoms with van der Waals surface area (Å²) in [5.41, 5.74) is 4.86. The highest BCUT2D eigenvalue weighted by atomic mass is 35.5. The van der Waals surface area contributed by atoms with Crippen LogP contribution in [0.1, 0.15) is 31.8 Å². The maximum absolute atomic E-state index is 12.7. The Kier molecular flexibility index (Phi) is 6.91. The molecule has 0 atom stereocenters. The van der Waals surface area contributed by atoms with Gasteiger partial charge in [-0.2, -0.15) is 0 Å². The smallest absolute Gasteiger partial charge is 0.255 e. The quantitative estimate of drug-likeness (QED) is 0.510. The predicted octanol–water partition coefficient (Wildman–Crippen LogP) is 5.82. The molecule has 7 heteroatoms. The molecule has 0 unspecified atom stereocenters. The third-order valence-electron chi connectivity index (χ3n) is 5.83. The van der Waals surface area contributed by atoms with Crippen molar-refractivity contribution in [3.8, 4) is 0 Å². The number of rotatable bonds is 4. The monoisotopic (exact) mass is 481 g/mol. The van der Waals surface area contributed by atoms with Gasteiger partial charge in [0.15, 0.2) is 0 Å². The lowest BCUT2D eigenvalue weighted by Crippen LogP contribution is -2.48. The molecule has 3 aromatic rings. The van der Waals surface area contributed by atoms with Gasteiger partial charge in [-0.05, 0) is 67.9 Å². The second-order valence-corrected chi connectivity index (χ2v) is 9.07. The van der Waals surface area contributed by atoms with Gasteiger partial charge in [0.2, 0.25) is 0 Å². The Balaban J connectivity index is 1.39. The van der Waals surface area contributed by atoms with Crippen molar-refractivity contribution in [3.05, 3.63) is 93.0 Å². The number of piperazine rings is 1. The van der Waals surface area contributed by atoms with Crippen LogP contribution < -0.4 is 10.2 Å². The summed E-state index contributed by atoms with van der Waals surface area (Å²) in [6, 6.07) is 18.2. The van der Waals surface area contributed by atoms with E-state index >= 15 is 0 Å². The number of hydrogen-bond acceptors (Lipinski definition) is 3. The van der Waals surface area contributed by atoms with Gasteiger partial charge in [0, 0.05) is 48.0 Å². The van der Waals surface area contributed by atoms with E-state index in [-0.39, 0.29) is 11.8 Å². The second-order valence-electron chi connectivity index (χ2n) is 8.22. The van der Waals surface area contributed by atoms with Gasteiger partial charge in [0.1, 0.15) is 0 Å². The average Bonchev–Trinajstić information content (AvgIpc) is 2.79. The number of aryl methyl sites for hydroxylation is 2. The molecule has 0 spiro atoms. The first kappa shape index (κ1) is 23.1. The van der Waals surface area contributed by atoms with Crippen LogP contribution in [0.4, 0.5) is 11.4 Å². The average molecular weight is 482 g/mol. The molecule has 4 rings (SSSR count). The SMILES string of the molecule is Cc1ccc(C(=O)Nc2ccc(N3CCN(C(=O)c4ccc(Cl)cc4)CC3)c(Cl)c2)c(C)c1. The van der Waals surface area contributed by atoms with E-state index in [4.69, 9.17) is 23.2 Å². The molecule has 0 aliphatic carbocycles. The standard InChI is InChI=1S/C26H25Cl2N3O2/c1-17-3-9-22(18(2)15-17)25(32)29-21-8-10-24(23(28)16-21)30-11-13-31(14-12-30)26(33)19-4-6-20(27)7-5-19/h3-10,15-16H,11-14H2,1-2H3,(H,29,32). The summed E-state index contributed by atoms with van der Waals surface area (Å²) in [4.78, 5) is 29.4. The lowest BCUT2D eigenvalue weighted by Gasteiger charge is -2.36. The molecule has 33 heavy (non-hydrogen) atoms. The van der Waals surface area contributed by atoms with Gasteiger partial charge in [0.25, 0.3) is 11.8 Å². The molecule has 170 valence electrons. The number of carbonyl (C=O) groups excluding carboxylic acids is 2. The van der Waals surface area contributed by atoms with E-state index in [1.165, 1.54) is 0 Å². The summed E-state index contributed by atoms with van der Waals surface area (Å²) in [5.74, 6) is -0.160. The van der Waals surface area contributed by atoms with Gasteiger partial charge in [-0.3, -0.25) is 9.59 Å². The minimum atomic E-state index is -0.161.